The van der Waals surface area contributed by atoms with Gasteiger partial charge in [0.05, 0.1) is 30.0 Å². The fourth-order valence-corrected chi connectivity index (χ4v) is 3.20. The first kappa shape index (κ1) is 13.9. The topological polar surface area (TPSA) is 86.7 Å². The van der Waals surface area contributed by atoms with Gasteiger partial charge in [-0.1, -0.05) is 12.1 Å². The summed E-state index contributed by atoms with van der Waals surface area (Å²) < 4.78 is 5.24. The van der Waals surface area contributed by atoms with E-state index in [1.54, 1.807) is 18.5 Å². The van der Waals surface area contributed by atoms with Crippen LogP contribution in [-0.4, -0.2) is 21.1 Å². The van der Waals surface area contributed by atoms with Crippen LogP contribution in [0.25, 0.3) is 32.7 Å². The molecule has 0 spiro atoms. The van der Waals surface area contributed by atoms with Crippen LogP contribution >= 0.6 is 0 Å². The number of carbonyl (C=O) groups excluding carboxylic acids is 1. The van der Waals surface area contributed by atoms with Crippen LogP contribution in [0, 0.1) is 0 Å². The Balaban J connectivity index is 1.56. The van der Waals surface area contributed by atoms with Gasteiger partial charge >= 0.3 is 0 Å². The number of H-pyrrole nitrogens is 2. The lowest BCUT2D eigenvalue weighted by molar-refractivity contribution is 0.0948. The molecule has 0 saturated carbocycles. The van der Waals surface area contributed by atoms with Crippen molar-refractivity contribution in [2.45, 2.75) is 6.54 Å². The summed E-state index contributed by atoms with van der Waals surface area (Å²) in [6.07, 6.45) is 3.39. The van der Waals surface area contributed by atoms with Crippen molar-refractivity contribution in [3.63, 3.8) is 0 Å². The fourth-order valence-electron chi connectivity index (χ4n) is 3.20. The Labute approximate surface area is 141 Å². The molecule has 0 unspecified atom stereocenters. The summed E-state index contributed by atoms with van der Waals surface area (Å²) in [6, 6.07) is 13.4. The molecule has 6 nitrogen and oxygen atoms in total. The second-order valence-corrected chi connectivity index (χ2v) is 5.97. The van der Waals surface area contributed by atoms with Crippen molar-refractivity contribution in [2.24, 2.45) is 0 Å². The summed E-state index contributed by atoms with van der Waals surface area (Å²) in [4.78, 5) is 15.8. The van der Waals surface area contributed by atoms with Crippen LogP contribution in [0.15, 0.2) is 59.3 Å². The number of nitrogens with one attached hydrogen (secondary N) is 3. The normalized spacial score (nSPS) is 11.5. The van der Waals surface area contributed by atoms with Gasteiger partial charge in [0.2, 0.25) is 0 Å². The van der Waals surface area contributed by atoms with Crippen LogP contribution in [0.3, 0.4) is 0 Å². The summed E-state index contributed by atoms with van der Waals surface area (Å²) in [6.45, 7) is 0.368. The molecule has 5 rings (SSSR count). The number of benzene rings is 2. The Bertz CT molecular complexity index is 1210. The molecule has 0 aliphatic rings. The SMILES string of the molecule is O=C(NCc1ccco1)c1ccc2[nH]c3c(ccc4cn[nH]c43)c2c1. The summed E-state index contributed by atoms with van der Waals surface area (Å²) >= 11 is 0. The second kappa shape index (κ2) is 5.24. The average molecular weight is 330 g/mol. The van der Waals surface area contributed by atoms with Gasteiger partial charge in [-0.05, 0) is 30.3 Å². The molecule has 2 aromatic carbocycles. The Kier molecular flexibility index (Phi) is 2.90. The molecule has 6 heteroatoms. The van der Waals surface area contributed by atoms with Crippen molar-refractivity contribution < 1.29 is 9.21 Å². The molecule has 0 aliphatic carbocycles. The molecule has 0 radical (unpaired) electrons. The number of hydrogen-bond donors (Lipinski definition) is 3. The molecule has 0 fully saturated rings. The Morgan fingerprint density at radius 2 is 2.08 bits per heavy atom. The van der Waals surface area contributed by atoms with Crippen LogP contribution in [0.1, 0.15) is 16.1 Å². The van der Waals surface area contributed by atoms with E-state index in [9.17, 15) is 4.79 Å². The summed E-state index contributed by atoms with van der Waals surface area (Å²) in [5.74, 6) is 0.596. The molecular formula is C19H14N4O2. The minimum atomic E-state index is -0.129. The van der Waals surface area contributed by atoms with Crippen molar-refractivity contribution in [3.05, 3.63) is 66.2 Å². The van der Waals surface area contributed by atoms with E-state index < -0.39 is 0 Å². The van der Waals surface area contributed by atoms with Crippen LogP contribution in [0.5, 0.6) is 0 Å². The first-order valence-electron chi connectivity index (χ1n) is 7.98. The van der Waals surface area contributed by atoms with Gasteiger partial charge in [0.1, 0.15) is 5.76 Å². The van der Waals surface area contributed by atoms with E-state index in [0.29, 0.717) is 12.1 Å². The predicted octanol–water partition coefficient (Wildman–Crippen LogP) is 3.72. The van der Waals surface area contributed by atoms with Gasteiger partial charge in [-0.3, -0.25) is 9.89 Å². The molecule has 0 saturated heterocycles. The third kappa shape index (κ3) is 2.19. The number of fused-ring (bicyclic) bond motifs is 5. The highest BCUT2D eigenvalue weighted by molar-refractivity contribution is 6.16. The number of rotatable bonds is 3. The molecule has 3 aromatic heterocycles. The summed E-state index contributed by atoms with van der Waals surface area (Å²) in [7, 11) is 0. The average Bonchev–Trinajstić information content (AvgIpc) is 3.36. The molecule has 3 N–H and O–H groups in total. The van der Waals surface area contributed by atoms with Gasteiger partial charge in [0.25, 0.3) is 5.91 Å². The standard InChI is InChI=1S/C19H14N4O2/c24-19(20-10-13-2-1-7-25-13)11-4-6-16-15(8-11)14-5-3-12-9-21-23-17(12)18(14)22-16/h1-9,22H,10H2,(H,20,24)(H,21,23). The minimum Gasteiger partial charge on any atom is -0.467 e. The van der Waals surface area contributed by atoms with Crippen molar-refractivity contribution in [2.75, 3.05) is 0 Å². The third-order valence-electron chi connectivity index (χ3n) is 4.45. The highest BCUT2D eigenvalue weighted by atomic mass is 16.3. The zero-order valence-electron chi connectivity index (χ0n) is 13.2. The van der Waals surface area contributed by atoms with E-state index in [2.05, 4.69) is 26.6 Å². The zero-order valence-corrected chi connectivity index (χ0v) is 13.2. The molecule has 3 heterocycles. The lowest BCUT2D eigenvalue weighted by Crippen LogP contribution is -2.22. The maximum atomic E-state index is 12.4. The molecule has 5 aromatic rings. The van der Waals surface area contributed by atoms with Gasteiger partial charge in [0.15, 0.2) is 0 Å². The first-order chi connectivity index (χ1) is 12.3. The number of aromatic amines is 2. The van der Waals surface area contributed by atoms with Gasteiger partial charge in [-0.25, -0.2) is 0 Å². The molecule has 0 bridgehead atoms. The van der Waals surface area contributed by atoms with E-state index >= 15 is 0 Å². The minimum absolute atomic E-state index is 0.129. The lowest BCUT2D eigenvalue weighted by Gasteiger charge is -2.03. The van der Waals surface area contributed by atoms with Crippen LogP contribution in [-0.2, 0) is 6.54 Å². The highest BCUT2D eigenvalue weighted by Gasteiger charge is 2.12. The summed E-state index contributed by atoms with van der Waals surface area (Å²) in [5, 5.41) is 13.1. The summed E-state index contributed by atoms with van der Waals surface area (Å²) in [5.41, 5.74) is 3.57. The number of hydrogen-bond acceptors (Lipinski definition) is 3. The quantitative estimate of drug-likeness (QED) is 0.471. The largest absolute Gasteiger partial charge is 0.467 e. The number of carbonyl (C=O) groups is 1. The van der Waals surface area contributed by atoms with Gasteiger partial charge in [-0.2, -0.15) is 5.10 Å². The molecule has 0 atom stereocenters. The third-order valence-corrected chi connectivity index (χ3v) is 4.45. The molecule has 0 aliphatic heterocycles. The first-order valence-corrected chi connectivity index (χ1v) is 7.98. The van der Waals surface area contributed by atoms with Crippen LogP contribution < -0.4 is 5.32 Å². The highest BCUT2D eigenvalue weighted by Crippen LogP contribution is 2.30. The van der Waals surface area contributed by atoms with Crippen molar-refractivity contribution in [1.82, 2.24) is 20.5 Å². The van der Waals surface area contributed by atoms with Crippen molar-refractivity contribution in [3.8, 4) is 0 Å². The zero-order chi connectivity index (χ0) is 16.8. The van der Waals surface area contributed by atoms with E-state index in [1.165, 1.54) is 0 Å². The van der Waals surface area contributed by atoms with Gasteiger partial charge in [0, 0.05) is 27.2 Å². The lowest BCUT2D eigenvalue weighted by atomic mass is 10.1. The Hall–Kier alpha value is -3.54. The van der Waals surface area contributed by atoms with Crippen LogP contribution in [0.4, 0.5) is 0 Å². The van der Waals surface area contributed by atoms with E-state index in [-0.39, 0.29) is 5.91 Å². The van der Waals surface area contributed by atoms with Crippen molar-refractivity contribution >= 4 is 38.6 Å². The van der Waals surface area contributed by atoms with E-state index in [0.717, 1.165) is 38.5 Å². The molecule has 1 amide bonds. The molecule has 122 valence electrons. The van der Waals surface area contributed by atoms with Crippen molar-refractivity contribution in [1.29, 1.82) is 0 Å². The molecule has 25 heavy (non-hydrogen) atoms. The smallest absolute Gasteiger partial charge is 0.251 e. The monoisotopic (exact) mass is 330 g/mol. The second-order valence-electron chi connectivity index (χ2n) is 5.97. The number of amides is 1. The fraction of sp³-hybridized carbons (Fsp3) is 0.0526. The van der Waals surface area contributed by atoms with E-state index in [4.69, 9.17) is 4.42 Å². The number of nitrogens with zero attached hydrogens (tertiary/aromatic N) is 1. The Morgan fingerprint density at radius 1 is 1.12 bits per heavy atom. The van der Waals surface area contributed by atoms with Gasteiger partial charge in [-0.15, -0.1) is 0 Å². The molecular weight excluding hydrogens is 316 g/mol. The Morgan fingerprint density at radius 3 is 2.96 bits per heavy atom. The maximum absolute atomic E-state index is 12.4. The number of aromatic nitrogens is 3. The maximum Gasteiger partial charge on any atom is 0.251 e. The van der Waals surface area contributed by atoms with Gasteiger partial charge < -0.3 is 14.7 Å². The number of furan rings is 1. The van der Waals surface area contributed by atoms with E-state index in [1.807, 2.05) is 30.3 Å². The predicted molar refractivity (Wildman–Crippen MR) is 95.3 cm³/mol. The van der Waals surface area contributed by atoms with Crippen LogP contribution in [0.2, 0.25) is 0 Å².